The number of rotatable bonds is 3. The zero-order chi connectivity index (χ0) is 15.7. The van der Waals surface area contributed by atoms with Crippen LogP contribution in [-0.2, 0) is 0 Å². The van der Waals surface area contributed by atoms with Gasteiger partial charge in [0.25, 0.3) is 5.91 Å². The molecule has 0 fully saturated rings. The average molecular weight is 284 g/mol. The van der Waals surface area contributed by atoms with E-state index in [1.807, 2.05) is 45.9 Å². The minimum absolute atomic E-state index is 0.0382. The number of carbonyl (C=O) groups is 1. The van der Waals surface area contributed by atoms with Gasteiger partial charge < -0.3 is 9.88 Å². The molecule has 21 heavy (non-hydrogen) atoms. The molecule has 1 N–H and O–H groups in total. The van der Waals surface area contributed by atoms with Gasteiger partial charge in [0.2, 0.25) is 0 Å². The molecular formula is C18H24N2O. The summed E-state index contributed by atoms with van der Waals surface area (Å²) in [6.45, 7) is 12.3. The van der Waals surface area contributed by atoms with Gasteiger partial charge in [0.15, 0.2) is 0 Å². The Bertz CT molecular complexity index is 681. The monoisotopic (exact) mass is 284 g/mol. The van der Waals surface area contributed by atoms with Crippen molar-refractivity contribution in [2.24, 2.45) is 0 Å². The van der Waals surface area contributed by atoms with Crippen molar-refractivity contribution in [1.29, 1.82) is 0 Å². The Morgan fingerprint density at radius 3 is 2.33 bits per heavy atom. The molecule has 0 atom stereocenters. The fourth-order valence-electron chi connectivity index (χ4n) is 2.86. The molecule has 0 bridgehead atoms. The molecule has 0 aliphatic carbocycles. The summed E-state index contributed by atoms with van der Waals surface area (Å²) in [4.78, 5) is 12.6. The van der Waals surface area contributed by atoms with Gasteiger partial charge in [-0.2, -0.15) is 0 Å². The standard InChI is InChI=1S/C18H24N2O/c1-11(2)20-14(5)10-16(15(20)6)18(21)19-17-9-12(3)7-8-13(17)4/h7-11H,1-6H3,(H,19,21). The highest BCUT2D eigenvalue weighted by Crippen LogP contribution is 2.22. The summed E-state index contributed by atoms with van der Waals surface area (Å²) in [5.41, 5.74) is 5.99. The van der Waals surface area contributed by atoms with Crippen LogP contribution < -0.4 is 5.32 Å². The first kappa shape index (κ1) is 15.4. The van der Waals surface area contributed by atoms with Gasteiger partial charge in [-0.3, -0.25) is 4.79 Å². The lowest BCUT2D eigenvalue weighted by Crippen LogP contribution is -2.14. The first-order valence-corrected chi connectivity index (χ1v) is 7.38. The highest BCUT2D eigenvalue weighted by atomic mass is 16.1. The molecule has 3 heteroatoms. The van der Waals surface area contributed by atoms with Crippen LogP contribution in [0.1, 0.15) is 52.8 Å². The lowest BCUT2D eigenvalue weighted by atomic mass is 10.1. The van der Waals surface area contributed by atoms with E-state index in [9.17, 15) is 4.79 Å². The van der Waals surface area contributed by atoms with Crippen LogP contribution in [0.3, 0.4) is 0 Å². The number of hydrogen-bond acceptors (Lipinski definition) is 1. The number of hydrogen-bond donors (Lipinski definition) is 1. The Labute approximate surface area is 127 Å². The molecule has 1 aromatic carbocycles. The van der Waals surface area contributed by atoms with E-state index >= 15 is 0 Å². The van der Waals surface area contributed by atoms with Crippen molar-refractivity contribution in [3.05, 3.63) is 52.3 Å². The van der Waals surface area contributed by atoms with E-state index in [4.69, 9.17) is 0 Å². The second-order valence-corrected chi connectivity index (χ2v) is 6.02. The Hall–Kier alpha value is -2.03. The summed E-state index contributed by atoms with van der Waals surface area (Å²) in [5, 5.41) is 3.04. The van der Waals surface area contributed by atoms with E-state index in [2.05, 4.69) is 29.8 Å². The summed E-state index contributed by atoms with van der Waals surface area (Å²) in [6, 6.07) is 8.41. The topological polar surface area (TPSA) is 34.0 Å². The smallest absolute Gasteiger partial charge is 0.257 e. The number of aromatic nitrogens is 1. The molecule has 2 rings (SSSR count). The molecule has 3 nitrogen and oxygen atoms in total. The van der Waals surface area contributed by atoms with Gasteiger partial charge in [0, 0.05) is 23.1 Å². The molecule has 1 aromatic heterocycles. The van der Waals surface area contributed by atoms with Crippen molar-refractivity contribution in [3.63, 3.8) is 0 Å². The fraction of sp³-hybridized carbons (Fsp3) is 0.389. The quantitative estimate of drug-likeness (QED) is 0.881. The van der Waals surface area contributed by atoms with Crippen molar-refractivity contribution in [3.8, 4) is 0 Å². The number of aryl methyl sites for hydroxylation is 3. The lowest BCUT2D eigenvalue weighted by molar-refractivity contribution is 0.102. The van der Waals surface area contributed by atoms with E-state index in [1.165, 1.54) is 0 Å². The SMILES string of the molecule is Cc1ccc(C)c(NC(=O)c2cc(C)n(C(C)C)c2C)c1. The van der Waals surface area contributed by atoms with Crippen molar-refractivity contribution in [1.82, 2.24) is 4.57 Å². The zero-order valence-corrected chi connectivity index (χ0v) is 13.7. The van der Waals surface area contributed by atoms with Crippen LogP contribution in [0.5, 0.6) is 0 Å². The number of nitrogens with zero attached hydrogens (tertiary/aromatic N) is 1. The third kappa shape index (κ3) is 3.02. The molecular weight excluding hydrogens is 260 g/mol. The molecule has 0 aliphatic heterocycles. The first-order valence-electron chi connectivity index (χ1n) is 7.38. The van der Waals surface area contributed by atoms with Gasteiger partial charge in [-0.05, 0) is 64.8 Å². The summed E-state index contributed by atoms with van der Waals surface area (Å²) < 4.78 is 2.19. The van der Waals surface area contributed by atoms with Crippen molar-refractivity contribution in [2.45, 2.75) is 47.6 Å². The Balaban J connectivity index is 2.33. The van der Waals surface area contributed by atoms with Gasteiger partial charge in [-0.1, -0.05) is 12.1 Å². The van der Waals surface area contributed by atoms with E-state index in [0.29, 0.717) is 6.04 Å². The molecule has 0 saturated heterocycles. The Morgan fingerprint density at radius 1 is 1.10 bits per heavy atom. The number of benzene rings is 1. The van der Waals surface area contributed by atoms with E-state index in [0.717, 1.165) is 33.8 Å². The van der Waals surface area contributed by atoms with Gasteiger partial charge in [-0.25, -0.2) is 0 Å². The maximum atomic E-state index is 12.6. The third-order valence-corrected chi connectivity index (χ3v) is 3.89. The second kappa shape index (κ2) is 5.76. The van der Waals surface area contributed by atoms with Crippen LogP contribution in [0.2, 0.25) is 0 Å². The van der Waals surface area contributed by atoms with Crippen molar-refractivity contribution in [2.75, 3.05) is 5.32 Å². The highest BCUT2D eigenvalue weighted by molar-refractivity contribution is 6.05. The van der Waals surface area contributed by atoms with Gasteiger partial charge >= 0.3 is 0 Å². The van der Waals surface area contributed by atoms with Crippen LogP contribution >= 0.6 is 0 Å². The zero-order valence-electron chi connectivity index (χ0n) is 13.7. The maximum Gasteiger partial charge on any atom is 0.257 e. The minimum Gasteiger partial charge on any atom is -0.346 e. The molecule has 0 unspecified atom stereocenters. The van der Waals surface area contributed by atoms with Crippen LogP contribution in [-0.4, -0.2) is 10.5 Å². The van der Waals surface area contributed by atoms with E-state index < -0.39 is 0 Å². The van der Waals surface area contributed by atoms with Crippen molar-refractivity contribution >= 4 is 11.6 Å². The first-order chi connectivity index (χ1) is 9.81. The largest absolute Gasteiger partial charge is 0.346 e. The summed E-state index contributed by atoms with van der Waals surface area (Å²) >= 11 is 0. The predicted molar refractivity (Wildman–Crippen MR) is 88.2 cm³/mol. The maximum absolute atomic E-state index is 12.6. The van der Waals surface area contributed by atoms with Crippen LogP contribution in [0, 0.1) is 27.7 Å². The van der Waals surface area contributed by atoms with Crippen LogP contribution in [0.4, 0.5) is 5.69 Å². The summed E-state index contributed by atoms with van der Waals surface area (Å²) in [7, 11) is 0. The summed E-state index contributed by atoms with van der Waals surface area (Å²) in [6.07, 6.45) is 0. The number of carbonyl (C=O) groups excluding carboxylic acids is 1. The van der Waals surface area contributed by atoms with Gasteiger partial charge in [0.1, 0.15) is 0 Å². The molecule has 112 valence electrons. The number of nitrogens with one attached hydrogen (secondary N) is 1. The Morgan fingerprint density at radius 2 is 1.76 bits per heavy atom. The molecule has 0 radical (unpaired) electrons. The highest BCUT2D eigenvalue weighted by Gasteiger charge is 2.17. The van der Waals surface area contributed by atoms with E-state index in [1.54, 1.807) is 0 Å². The fourth-order valence-corrected chi connectivity index (χ4v) is 2.86. The lowest BCUT2D eigenvalue weighted by Gasteiger charge is -2.14. The van der Waals surface area contributed by atoms with E-state index in [-0.39, 0.29) is 5.91 Å². The van der Waals surface area contributed by atoms with Gasteiger partial charge in [-0.15, -0.1) is 0 Å². The third-order valence-electron chi connectivity index (χ3n) is 3.89. The molecule has 1 heterocycles. The molecule has 1 amide bonds. The molecule has 0 saturated carbocycles. The van der Waals surface area contributed by atoms with Crippen LogP contribution in [0.25, 0.3) is 0 Å². The predicted octanol–water partition coefficient (Wildman–Crippen LogP) is 4.55. The number of anilines is 1. The van der Waals surface area contributed by atoms with Crippen molar-refractivity contribution < 1.29 is 4.79 Å². The minimum atomic E-state index is -0.0382. The second-order valence-electron chi connectivity index (χ2n) is 6.02. The average Bonchev–Trinajstić information content (AvgIpc) is 2.69. The molecule has 2 aromatic rings. The number of amides is 1. The summed E-state index contributed by atoms with van der Waals surface area (Å²) in [5.74, 6) is -0.0382. The Kier molecular flexibility index (Phi) is 4.21. The molecule has 0 spiro atoms. The normalized spacial score (nSPS) is 11.0. The van der Waals surface area contributed by atoms with Crippen LogP contribution in [0.15, 0.2) is 24.3 Å². The molecule has 0 aliphatic rings. The van der Waals surface area contributed by atoms with Gasteiger partial charge in [0.05, 0.1) is 5.56 Å².